The minimum Gasteiger partial charge on any atom is -0.321 e. The first kappa shape index (κ1) is 16.0. The minimum atomic E-state index is -0.147. The highest BCUT2D eigenvalue weighted by Crippen LogP contribution is 2.13. The van der Waals surface area contributed by atoms with E-state index in [0.717, 1.165) is 22.5 Å². The molecule has 3 rings (SSSR count). The van der Waals surface area contributed by atoms with Crippen molar-refractivity contribution in [1.29, 1.82) is 0 Å². The summed E-state index contributed by atoms with van der Waals surface area (Å²) in [5.41, 5.74) is 5.67. The van der Waals surface area contributed by atoms with Crippen molar-refractivity contribution >= 4 is 11.6 Å². The highest BCUT2D eigenvalue weighted by molar-refractivity contribution is 6.03. The van der Waals surface area contributed by atoms with E-state index in [1.807, 2.05) is 44.2 Å². The number of amides is 1. The van der Waals surface area contributed by atoms with Gasteiger partial charge in [0.1, 0.15) is 5.69 Å². The molecule has 0 aliphatic rings. The standard InChI is InChI=1S/C20H21N3O/c1-14-4-8-17(9-5-14)13-23-19(12-16(3)22-23)20(24)21-18-10-6-15(2)7-11-18/h4-12H,13H2,1-3H3,(H,21,24). The lowest BCUT2D eigenvalue weighted by molar-refractivity contribution is 0.101. The number of carbonyl (C=O) groups is 1. The number of hydrogen-bond acceptors (Lipinski definition) is 2. The molecule has 0 atom stereocenters. The van der Waals surface area contributed by atoms with Gasteiger partial charge in [-0.15, -0.1) is 0 Å². The van der Waals surface area contributed by atoms with E-state index in [4.69, 9.17) is 0 Å². The maximum absolute atomic E-state index is 12.6. The number of nitrogens with zero attached hydrogens (tertiary/aromatic N) is 2. The molecule has 0 fully saturated rings. The van der Waals surface area contributed by atoms with Gasteiger partial charge in [0.15, 0.2) is 0 Å². The summed E-state index contributed by atoms with van der Waals surface area (Å²) in [6, 6.07) is 17.8. The lowest BCUT2D eigenvalue weighted by Crippen LogP contribution is -2.18. The van der Waals surface area contributed by atoms with Gasteiger partial charge in [-0.1, -0.05) is 47.5 Å². The molecule has 1 aromatic heterocycles. The number of rotatable bonds is 4. The van der Waals surface area contributed by atoms with Crippen molar-refractivity contribution in [3.05, 3.63) is 82.7 Å². The number of aryl methyl sites for hydroxylation is 3. The van der Waals surface area contributed by atoms with Crippen LogP contribution in [0.25, 0.3) is 0 Å². The quantitative estimate of drug-likeness (QED) is 0.786. The van der Waals surface area contributed by atoms with Gasteiger partial charge < -0.3 is 5.32 Å². The first-order valence-electron chi connectivity index (χ1n) is 7.99. The van der Waals surface area contributed by atoms with Crippen molar-refractivity contribution in [2.45, 2.75) is 27.3 Å². The average Bonchev–Trinajstić information content (AvgIpc) is 2.92. The summed E-state index contributed by atoms with van der Waals surface area (Å²) in [5.74, 6) is -0.147. The molecule has 0 saturated heterocycles. The molecule has 4 nitrogen and oxygen atoms in total. The van der Waals surface area contributed by atoms with Gasteiger partial charge in [-0.05, 0) is 44.5 Å². The van der Waals surface area contributed by atoms with E-state index in [0.29, 0.717) is 12.2 Å². The number of aromatic nitrogens is 2. The molecular formula is C20H21N3O. The molecule has 1 N–H and O–H groups in total. The smallest absolute Gasteiger partial charge is 0.273 e. The molecule has 1 amide bonds. The monoisotopic (exact) mass is 319 g/mol. The van der Waals surface area contributed by atoms with Gasteiger partial charge in [0.05, 0.1) is 12.2 Å². The van der Waals surface area contributed by atoms with Crippen LogP contribution in [0.4, 0.5) is 5.69 Å². The zero-order valence-electron chi connectivity index (χ0n) is 14.2. The molecule has 3 aromatic rings. The summed E-state index contributed by atoms with van der Waals surface area (Å²) in [7, 11) is 0. The molecule has 1 heterocycles. The zero-order valence-corrected chi connectivity index (χ0v) is 14.2. The van der Waals surface area contributed by atoms with Gasteiger partial charge >= 0.3 is 0 Å². The third kappa shape index (κ3) is 3.71. The van der Waals surface area contributed by atoms with Crippen LogP contribution in [0.3, 0.4) is 0 Å². The number of hydrogen-bond donors (Lipinski definition) is 1. The fraction of sp³-hybridized carbons (Fsp3) is 0.200. The van der Waals surface area contributed by atoms with Gasteiger partial charge in [-0.25, -0.2) is 0 Å². The Morgan fingerprint density at radius 2 is 1.54 bits per heavy atom. The second-order valence-corrected chi connectivity index (χ2v) is 6.13. The molecule has 2 aromatic carbocycles. The molecular weight excluding hydrogens is 298 g/mol. The molecule has 122 valence electrons. The van der Waals surface area contributed by atoms with Crippen LogP contribution in [-0.4, -0.2) is 15.7 Å². The summed E-state index contributed by atoms with van der Waals surface area (Å²) in [6.45, 7) is 6.55. The van der Waals surface area contributed by atoms with Crippen LogP contribution in [0.2, 0.25) is 0 Å². The Morgan fingerprint density at radius 3 is 2.17 bits per heavy atom. The Balaban J connectivity index is 1.81. The van der Waals surface area contributed by atoms with Gasteiger partial charge in [-0.2, -0.15) is 5.10 Å². The van der Waals surface area contributed by atoms with Crippen molar-refractivity contribution in [3.63, 3.8) is 0 Å². The van der Waals surface area contributed by atoms with Crippen LogP contribution in [0.1, 0.15) is 32.9 Å². The minimum absolute atomic E-state index is 0.147. The molecule has 0 aliphatic carbocycles. The third-order valence-electron chi connectivity index (χ3n) is 3.90. The van der Waals surface area contributed by atoms with Gasteiger partial charge in [0.25, 0.3) is 5.91 Å². The van der Waals surface area contributed by atoms with E-state index in [-0.39, 0.29) is 5.91 Å². The van der Waals surface area contributed by atoms with Crippen molar-refractivity contribution in [2.24, 2.45) is 0 Å². The van der Waals surface area contributed by atoms with Gasteiger partial charge in [0, 0.05) is 5.69 Å². The topological polar surface area (TPSA) is 46.9 Å². The molecule has 0 spiro atoms. The first-order chi connectivity index (χ1) is 11.5. The zero-order chi connectivity index (χ0) is 17.1. The molecule has 0 aliphatic heterocycles. The third-order valence-corrected chi connectivity index (χ3v) is 3.90. The van der Waals surface area contributed by atoms with Crippen molar-refractivity contribution < 1.29 is 4.79 Å². The highest BCUT2D eigenvalue weighted by atomic mass is 16.2. The summed E-state index contributed by atoms with van der Waals surface area (Å²) in [6.07, 6.45) is 0. The Morgan fingerprint density at radius 1 is 0.958 bits per heavy atom. The van der Waals surface area contributed by atoms with Crippen molar-refractivity contribution in [1.82, 2.24) is 9.78 Å². The van der Waals surface area contributed by atoms with E-state index in [2.05, 4.69) is 41.6 Å². The van der Waals surface area contributed by atoms with Crippen LogP contribution < -0.4 is 5.32 Å². The predicted octanol–water partition coefficient (Wildman–Crippen LogP) is 4.11. The number of carbonyl (C=O) groups excluding carboxylic acids is 1. The van der Waals surface area contributed by atoms with Crippen LogP contribution in [0, 0.1) is 20.8 Å². The highest BCUT2D eigenvalue weighted by Gasteiger charge is 2.14. The van der Waals surface area contributed by atoms with Gasteiger partial charge in [0.2, 0.25) is 0 Å². The lowest BCUT2D eigenvalue weighted by atomic mass is 10.1. The summed E-state index contributed by atoms with van der Waals surface area (Å²) >= 11 is 0. The molecule has 24 heavy (non-hydrogen) atoms. The van der Waals surface area contributed by atoms with E-state index < -0.39 is 0 Å². The number of anilines is 1. The molecule has 0 saturated carbocycles. The van der Waals surface area contributed by atoms with E-state index in [1.165, 1.54) is 5.56 Å². The Kier molecular flexibility index (Phi) is 4.47. The van der Waals surface area contributed by atoms with E-state index in [1.54, 1.807) is 4.68 Å². The van der Waals surface area contributed by atoms with Crippen LogP contribution >= 0.6 is 0 Å². The fourth-order valence-electron chi connectivity index (χ4n) is 2.55. The first-order valence-corrected chi connectivity index (χ1v) is 7.99. The van der Waals surface area contributed by atoms with E-state index in [9.17, 15) is 4.79 Å². The second kappa shape index (κ2) is 6.71. The Hall–Kier alpha value is -2.88. The maximum atomic E-state index is 12.6. The Bertz CT molecular complexity index is 846. The molecule has 0 unspecified atom stereocenters. The number of nitrogens with one attached hydrogen (secondary N) is 1. The largest absolute Gasteiger partial charge is 0.321 e. The maximum Gasteiger partial charge on any atom is 0.273 e. The van der Waals surface area contributed by atoms with Crippen molar-refractivity contribution in [3.8, 4) is 0 Å². The number of benzene rings is 2. The van der Waals surface area contributed by atoms with Gasteiger partial charge in [-0.3, -0.25) is 9.48 Å². The lowest BCUT2D eigenvalue weighted by Gasteiger charge is -2.09. The fourth-order valence-corrected chi connectivity index (χ4v) is 2.55. The molecule has 4 heteroatoms. The summed E-state index contributed by atoms with van der Waals surface area (Å²) < 4.78 is 1.75. The SMILES string of the molecule is Cc1ccc(Cn2nc(C)cc2C(=O)Nc2ccc(C)cc2)cc1. The summed E-state index contributed by atoms with van der Waals surface area (Å²) in [4.78, 5) is 12.6. The second-order valence-electron chi connectivity index (χ2n) is 6.13. The molecule has 0 bridgehead atoms. The van der Waals surface area contributed by atoms with Crippen molar-refractivity contribution in [2.75, 3.05) is 5.32 Å². The van der Waals surface area contributed by atoms with Crippen LogP contribution in [-0.2, 0) is 6.54 Å². The Labute approximate surface area is 142 Å². The molecule has 0 radical (unpaired) electrons. The average molecular weight is 319 g/mol. The normalized spacial score (nSPS) is 10.6. The van der Waals surface area contributed by atoms with Crippen LogP contribution in [0.5, 0.6) is 0 Å². The predicted molar refractivity (Wildman–Crippen MR) is 96.4 cm³/mol. The summed E-state index contributed by atoms with van der Waals surface area (Å²) in [5, 5.41) is 7.40. The van der Waals surface area contributed by atoms with Crippen LogP contribution in [0.15, 0.2) is 54.6 Å². The van der Waals surface area contributed by atoms with E-state index >= 15 is 0 Å².